The summed E-state index contributed by atoms with van der Waals surface area (Å²) in [5, 5.41) is 24.9. The van der Waals surface area contributed by atoms with Gasteiger partial charge in [-0.15, -0.1) is 0 Å². The van der Waals surface area contributed by atoms with Gasteiger partial charge in [-0.05, 0) is 31.8 Å². The molecule has 29 heavy (non-hydrogen) atoms. The number of amides is 3. The van der Waals surface area contributed by atoms with Crippen molar-refractivity contribution in [1.29, 1.82) is 0 Å². The zero-order chi connectivity index (χ0) is 22.6. The Morgan fingerprint density at radius 1 is 0.966 bits per heavy atom. The Labute approximate surface area is 178 Å². The molecule has 0 spiro atoms. The quantitative estimate of drug-likeness (QED) is 0.153. The summed E-state index contributed by atoms with van der Waals surface area (Å²) in [5.74, 6) is -3.91. The third-order valence-electron chi connectivity index (χ3n) is 3.79. The average molecular weight is 453 g/mol. The van der Waals surface area contributed by atoms with E-state index >= 15 is 0 Å². The number of nitrogens with one attached hydrogen (secondary N) is 3. The highest BCUT2D eigenvalue weighted by Crippen LogP contribution is 2.03. The fourth-order valence-electron chi connectivity index (χ4n) is 2.07. The number of rotatable bonds is 14. The number of carbonyl (C=O) groups excluding carboxylic acids is 3. The minimum absolute atomic E-state index is 0.0917. The number of hydrogen-bond acceptors (Lipinski definition) is 8. The maximum Gasteiger partial charge on any atom is 0.326 e. The molecule has 7 N–H and O–H groups in total. The summed E-state index contributed by atoms with van der Waals surface area (Å²) in [6, 6.07) is -4.34. The summed E-state index contributed by atoms with van der Waals surface area (Å²) < 4.78 is 0. The van der Waals surface area contributed by atoms with E-state index in [4.69, 9.17) is 15.9 Å². The van der Waals surface area contributed by atoms with Crippen LogP contribution in [-0.2, 0) is 24.0 Å². The maximum atomic E-state index is 12.5. The highest BCUT2D eigenvalue weighted by Gasteiger charge is 2.28. The molecular formula is C16H28N4O7S2. The first-order valence-corrected chi connectivity index (χ1v) is 10.8. The van der Waals surface area contributed by atoms with Crippen molar-refractivity contribution in [3.05, 3.63) is 0 Å². The van der Waals surface area contributed by atoms with Gasteiger partial charge in [0, 0.05) is 12.2 Å². The number of carboxylic acid groups (broad SMARTS) is 2. The molecule has 0 aromatic rings. The van der Waals surface area contributed by atoms with Crippen molar-refractivity contribution in [2.45, 2.75) is 50.4 Å². The van der Waals surface area contributed by atoms with Crippen molar-refractivity contribution in [3.8, 4) is 0 Å². The minimum atomic E-state index is -1.40. The highest BCUT2D eigenvalue weighted by molar-refractivity contribution is 7.98. The molecule has 0 aromatic carbocycles. The zero-order valence-electron chi connectivity index (χ0n) is 16.2. The van der Waals surface area contributed by atoms with E-state index < -0.39 is 60.2 Å². The van der Waals surface area contributed by atoms with Gasteiger partial charge in [-0.1, -0.05) is 0 Å². The minimum Gasteiger partial charge on any atom is -0.481 e. The lowest BCUT2D eigenvalue weighted by atomic mass is 10.1. The third-order valence-corrected chi connectivity index (χ3v) is 4.83. The van der Waals surface area contributed by atoms with Gasteiger partial charge in [0.25, 0.3) is 0 Å². The molecule has 0 heterocycles. The van der Waals surface area contributed by atoms with Crippen LogP contribution in [0.3, 0.4) is 0 Å². The lowest BCUT2D eigenvalue weighted by molar-refractivity contribution is -0.143. The third kappa shape index (κ3) is 10.9. The molecule has 0 aliphatic carbocycles. The second-order valence-electron chi connectivity index (χ2n) is 6.19. The van der Waals surface area contributed by atoms with E-state index in [1.165, 1.54) is 18.7 Å². The van der Waals surface area contributed by atoms with Crippen molar-refractivity contribution < 1.29 is 34.2 Å². The van der Waals surface area contributed by atoms with Crippen LogP contribution in [0.1, 0.15) is 26.2 Å². The van der Waals surface area contributed by atoms with Gasteiger partial charge in [0.15, 0.2) is 0 Å². The van der Waals surface area contributed by atoms with Crippen LogP contribution in [0.2, 0.25) is 0 Å². The van der Waals surface area contributed by atoms with Gasteiger partial charge in [0.1, 0.15) is 18.1 Å². The second-order valence-corrected chi connectivity index (χ2v) is 7.54. The average Bonchev–Trinajstić information content (AvgIpc) is 2.66. The molecule has 13 heteroatoms. The molecule has 0 saturated carbocycles. The van der Waals surface area contributed by atoms with Crippen molar-refractivity contribution in [2.75, 3.05) is 17.8 Å². The van der Waals surface area contributed by atoms with E-state index in [1.54, 1.807) is 0 Å². The van der Waals surface area contributed by atoms with Gasteiger partial charge in [-0.3, -0.25) is 19.2 Å². The van der Waals surface area contributed by atoms with Gasteiger partial charge in [0.2, 0.25) is 17.7 Å². The molecule has 4 atom stereocenters. The first-order chi connectivity index (χ1) is 13.5. The van der Waals surface area contributed by atoms with Crippen LogP contribution in [0.25, 0.3) is 0 Å². The van der Waals surface area contributed by atoms with Crippen LogP contribution in [0.15, 0.2) is 0 Å². The first kappa shape index (κ1) is 27.0. The van der Waals surface area contributed by atoms with Crippen molar-refractivity contribution in [3.63, 3.8) is 0 Å². The Morgan fingerprint density at radius 2 is 1.55 bits per heavy atom. The molecule has 0 aromatic heterocycles. The molecule has 0 fully saturated rings. The fourth-order valence-corrected chi connectivity index (χ4v) is 2.70. The first-order valence-electron chi connectivity index (χ1n) is 8.74. The Hall–Kier alpha value is -1.99. The van der Waals surface area contributed by atoms with Crippen LogP contribution in [-0.4, -0.2) is 81.8 Å². The van der Waals surface area contributed by atoms with Crippen LogP contribution < -0.4 is 21.7 Å². The summed E-state index contributed by atoms with van der Waals surface area (Å²) in [7, 11) is 0. The number of carboxylic acids is 2. The van der Waals surface area contributed by atoms with Crippen LogP contribution >= 0.6 is 24.4 Å². The normalized spacial score (nSPS) is 14.8. The Bertz CT molecular complexity index is 606. The number of nitrogens with two attached hydrogens (primary N) is 1. The largest absolute Gasteiger partial charge is 0.481 e. The smallest absolute Gasteiger partial charge is 0.326 e. The molecular weight excluding hydrogens is 424 g/mol. The number of aliphatic carboxylic acids is 2. The van der Waals surface area contributed by atoms with Gasteiger partial charge in [0.05, 0.1) is 6.04 Å². The predicted octanol–water partition coefficient (Wildman–Crippen LogP) is -1.58. The van der Waals surface area contributed by atoms with Crippen molar-refractivity contribution >= 4 is 54.1 Å². The lowest BCUT2D eigenvalue weighted by Crippen LogP contribution is -2.56. The molecule has 0 rings (SSSR count). The van der Waals surface area contributed by atoms with E-state index in [1.807, 2.05) is 6.26 Å². The molecule has 3 amide bonds. The number of thiol groups is 1. The van der Waals surface area contributed by atoms with Gasteiger partial charge < -0.3 is 31.9 Å². The summed E-state index contributed by atoms with van der Waals surface area (Å²) in [6.07, 6.45) is 1.38. The van der Waals surface area contributed by atoms with E-state index in [0.717, 1.165) is 0 Å². The number of carbonyl (C=O) groups is 5. The van der Waals surface area contributed by atoms with E-state index in [2.05, 4.69) is 28.6 Å². The standard InChI is InChI=1S/C16H28N4O7S2/c1-8(13(23)20-11(16(26)27)3-4-12(21)22)18-15(25)10(5-6-29-2)19-14(24)9(17)7-28/h8-11,28H,3-7,17H2,1-2H3,(H,18,25)(H,19,24)(H,20,23)(H,21,22)(H,26,27). The fraction of sp³-hybridized carbons (Fsp3) is 0.688. The van der Waals surface area contributed by atoms with Crippen molar-refractivity contribution in [2.24, 2.45) is 5.73 Å². The Balaban J connectivity index is 4.95. The predicted molar refractivity (Wildman–Crippen MR) is 111 cm³/mol. The van der Waals surface area contributed by atoms with Gasteiger partial charge in [-0.25, -0.2) is 4.79 Å². The molecule has 4 unspecified atom stereocenters. The summed E-state index contributed by atoms with van der Waals surface area (Å²) >= 11 is 5.39. The van der Waals surface area contributed by atoms with Crippen molar-refractivity contribution in [1.82, 2.24) is 16.0 Å². The van der Waals surface area contributed by atoms with Gasteiger partial charge in [-0.2, -0.15) is 24.4 Å². The van der Waals surface area contributed by atoms with Crippen LogP contribution in [0.5, 0.6) is 0 Å². The van der Waals surface area contributed by atoms with Crippen LogP contribution in [0, 0.1) is 0 Å². The summed E-state index contributed by atoms with van der Waals surface area (Å²) in [6.45, 7) is 1.34. The molecule has 166 valence electrons. The van der Waals surface area contributed by atoms with E-state index in [0.29, 0.717) is 12.2 Å². The summed E-state index contributed by atoms with van der Waals surface area (Å²) in [4.78, 5) is 58.4. The zero-order valence-corrected chi connectivity index (χ0v) is 17.9. The van der Waals surface area contributed by atoms with Gasteiger partial charge >= 0.3 is 11.9 Å². The monoisotopic (exact) mass is 452 g/mol. The maximum absolute atomic E-state index is 12.5. The topological polar surface area (TPSA) is 188 Å². The highest BCUT2D eigenvalue weighted by atomic mass is 32.2. The van der Waals surface area contributed by atoms with Crippen LogP contribution in [0.4, 0.5) is 0 Å². The van der Waals surface area contributed by atoms with E-state index in [-0.39, 0.29) is 12.2 Å². The second kappa shape index (κ2) is 14.1. The Kier molecular flexibility index (Phi) is 13.1. The SMILES string of the molecule is CSCCC(NC(=O)C(N)CS)C(=O)NC(C)C(=O)NC(CCC(=O)O)C(=O)O. The lowest BCUT2D eigenvalue weighted by Gasteiger charge is -2.23. The molecule has 0 saturated heterocycles. The van der Waals surface area contributed by atoms with E-state index in [9.17, 15) is 24.0 Å². The molecule has 0 aliphatic rings. The number of hydrogen-bond donors (Lipinski definition) is 7. The Morgan fingerprint density at radius 3 is 2.03 bits per heavy atom. The summed E-state index contributed by atoms with van der Waals surface area (Å²) in [5.41, 5.74) is 5.59. The molecule has 0 radical (unpaired) electrons. The molecule has 11 nitrogen and oxygen atoms in total. The molecule has 0 bridgehead atoms. The molecule has 0 aliphatic heterocycles. The number of thioether (sulfide) groups is 1.